The normalized spacial score (nSPS) is 12.5. The molecular formula is C16H34N4O4. The number of ether oxygens (including phenoxy) is 2. The van der Waals surface area contributed by atoms with E-state index < -0.39 is 17.7 Å². The van der Waals surface area contributed by atoms with Gasteiger partial charge in [0.05, 0.1) is 13.2 Å². The summed E-state index contributed by atoms with van der Waals surface area (Å²) in [6.07, 6.45) is -0.235. The summed E-state index contributed by atoms with van der Waals surface area (Å²) in [5, 5.41) is 5.38. The largest absolute Gasteiger partial charge is 0.449 e. The Balaban J connectivity index is 4.16. The summed E-state index contributed by atoms with van der Waals surface area (Å²) in [5.74, 6) is 0. The van der Waals surface area contributed by atoms with Gasteiger partial charge in [-0.15, -0.1) is 0 Å². The zero-order chi connectivity index (χ0) is 19.0. The summed E-state index contributed by atoms with van der Waals surface area (Å²) in [6.45, 7) is 11.7. The summed E-state index contributed by atoms with van der Waals surface area (Å²) in [4.78, 5) is 23.2. The number of hydrogen-bond donors (Lipinski definition) is 4. The lowest BCUT2D eigenvalue weighted by Gasteiger charge is -2.28. The van der Waals surface area contributed by atoms with Gasteiger partial charge in [0.1, 0.15) is 0 Å². The van der Waals surface area contributed by atoms with Crippen molar-refractivity contribution in [3.05, 3.63) is 0 Å². The van der Waals surface area contributed by atoms with Gasteiger partial charge in [-0.2, -0.15) is 0 Å². The van der Waals surface area contributed by atoms with Crippen LogP contribution in [0, 0.1) is 0 Å². The van der Waals surface area contributed by atoms with E-state index in [0.29, 0.717) is 12.8 Å². The van der Waals surface area contributed by atoms with Crippen LogP contribution in [0.1, 0.15) is 54.4 Å². The van der Waals surface area contributed by atoms with Gasteiger partial charge in [-0.3, -0.25) is 0 Å². The Morgan fingerprint density at radius 3 is 1.42 bits per heavy atom. The van der Waals surface area contributed by atoms with Crippen LogP contribution in [0.5, 0.6) is 0 Å². The molecule has 0 aromatic rings. The molecule has 0 rings (SSSR count). The van der Waals surface area contributed by atoms with Gasteiger partial charge >= 0.3 is 12.2 Å². The first-order valence-electron chi connectivity index (χ1n) is 8.15. The van der Waals surface area contributed by atoms with E-state index in [1.807, 2.05) is 41.5 Å². The molecule has 142 valence electrons. The second kappa shape index (κ2) is 9.08. The standard InChI is InChI=1S/C16H34N4O4/c1-14(2,3)19-12(21)23-9-7-16(18,11-17)8-10-24-13(22)20-15(4,5)6/h7-11,17-18H2,1-6H3,(H,19,21)(H,20,22). The molecule has 8 heteroatoms. The Morgan fingerprint density at radius 2 is 1.17 bits per heavy atom. The van der Waals surface area contributed by atoms with E-state index in [9.17, 15) is 9.59 Å². The predicted molar refractivity (Wildman–Crippen MR) is 93.7 cm³/mol. The van der Waals surface area contributed by atoms with Crippen molar-refractivity contribution in [2.75, 3.05) is 19.8 Å². The fourth-order valence-electron chi connectivity index (χ4n) is 1.71. The van der Waals surface area contributed by atoms with Crippen LogP contribution >= 0.6 is 0 Å². The van der Waals surface area contributed by atoms with E-state index in [4.69, 9.17) is 20.9 Å². The highest BCUT2D eigenvalue weighted by molar-refractivity contribution is 5.68. The molecule has 0 aliphatic carbocycles. The van der Waals surface area contributed by atoms with E-state index in [1.165, 1.54) is 0 Å². The number of rotatable bonds is 7. The molecular weight excluding hydrogens is 312 g/mol. The molecule has 24 heavy (non-hydrogen) atoms. The third-order valence-corrected chi connectivity index (χ3v) is 3.03. The van der Waals surface area contributed by atoms with Crippen molar-refractivity contribution in [2.24, 2.45) is 11.5 Å². The lowest BCUT2D eigenvalue weighted by atomic mass is 9.93. The number of nitrogens with two attached hydrogens (primary N) is 2. The van der Waals surface area contributed by atoms with Crippen LogP contribution in [-0.4, -0.2) is 48.6 Å². The quantitative estimate of drug-likeness (QED) is 0.552. The molecule has 0 saturated heterocycles. The Kier molecular flexibility index (Phi) is 8.49. The van der Waals surface area contributed by atoms with Crippen LogP contribution in [0.2, 0.25) is 0 Å². The van der Waals surface area contributed by atoms with Crippen molar-refractivity contribution in [3.63, 3.8) is 0 Å². The van der Waals surface area contributed by atoms with Crippen molar-refractivity contribution in [1.82, 2.24) is 10.6 Å². The first-order valence-corrected chi connectivity index (χ1v) is 8.15. The number of alkyl carbamates (subject to hydrolysis) is 2. The van der Waals surface area contributed by atoms with Gasteiger partial charge in [0.15, 0.2) is 0 Å². The molecule has 0 aromatic heterocycles. The van der Waals surface area contributed by atoms with E-state index in [2.05, 4.69) is 10.6 Å². The molecule has 0 unspecified atom stereocenters. The maximum atomic E-state index is 11.6. The Morgan fingerprint density at radius 1 is 0.833 bits per heavy atom. The number of hydrogen-bond acceptors (Lipinski definition) is 6. The number of nitrogens with one attached hydrogen (secondary N) is 2. The maximum absolute atomic E-state index is 11.6. The first kappa shape index (κ1) is 22.5. The van der Waals surface area contributed by atoms with E-state index in [-0.39, 0.29) is 30.8 Å². The average molecular weight is 346 g/mol. The van der Waals surface area contributed by atoms with Crippen LogP contribution in [-0.2, 0) is 9.47 Å². The van der Waals surface area contributed by atoms with Gasteiger partial charge in [0.25, 0.3) is 0 Å². The van der Waals surface area contributed by atoms with Crippen LogP contribution in [0.3, 0.4) is 0 Å². The Labute approximate surface area is 145 Å². The molecule has 0 bridgehead atoms. The van der Waals surface area contributed by atoms with Crippen molar-refractivity contribution < 1.29 is 19.1 Å². The highest BCUT2D eigenvalue weighted by Crippen LogP contribution is 2.12. The lowest BCUT2D eigenvalue weighted by Crippen LogP contribution is -2.50. The number of amides is 2. The summed E-state index contributed by atoms with van der Waals surface area (Å²) >= 11 is 0. The molecule has 0 radical (unpaired) electrons. The Bertz CT molecular complexity index is 379. The molecule has 0 spiro atoms. The first-order chi connectivity index (χ1) is 10.8. The molecule has 2 amide bonds. The fraction of sp³-hybridized carbons (Fsp3) is 0.875. The van der Waals surface area contributed by atoms with Crippen LogP contribution in [0.15, 0.2) is 0 Å². The van der Waals surface area contributed by atoms with E-state index in [1.54, 1.807) is 0 Å². The van der Waals surface area contributed by atoms with E-state index >= 15 is 0 Å². The molecule has 0 fully saturated rings. The van der Waals surface area contributed by atoms with E-state index in [0.717, 1.165) is 0 Å². The van der Waals surface area contributed by atoms with Crippen molar-refractivity contribution in [2.45, 2.75) is 71.0 Å². The fourth-order valence-corrected chi connectivity index (χ4v) is 1.71. The molecule has 0 atom stereocenters. The number of carbonyl (C=O) groups excluding carboxylic acids is 2. The summed E-state index contributed by atoms with van der Waals surface area (Å²) in [6, 6.07) is 0. The molecule has 0 saturated carbocycles. The Hall–Kier alpha value is -1.54. The van der Waals surface area contributed by atoms with Crippen LogP contribution in [0.4, 0.5) is 9.59 Å². The maximum Gasteiger partial charge on any atom is 0.407 e. The van der Waals surface area contributed by atoms with Gasteiger partial charge in [-0.05, 0) is 41.5 Å². The smallest absolute Gasteiger partial charge is 0.407 e. The summed E-state index contributed by atoms with van der Waals surface area (Å²) < 4.78 is 10.2. The van der Waals surface area contributed by atoms with Gasteiger partial charge < -0.3 is 31.6 Å². The minimum atomic E-state index is -0.760. The summed E-state index contributed by atoms with van der Waals surface area (Å²) in [5.41, 5.74) is 10.4. The monoisotopic (exact) mass is 346 g/mol. The molecule has 6 N–H and O–H groups in total. The van der Waals surface area contributed by atoms with Gasteiger partial charge in [-0.1, -0.05) is 0 Å². The molecule has 0 aliphatic heterocycles. The van der Waals surface area contributed by atoms with Gasteiger partial charge in [-0.25, -0.2) is 9.59 Å². The van der Waals surface area contributed by atoms with Crippen LogP contribution in [0.25, 0.3) is 0 Å². The van der Waals surface area contributed by atoms with Gasteiger partial charge in [0.2, 0.25) is 0 Å². The zero-order valence-electron chi connectivity index (χ0n) is 15.8. The van der Waals surface area contributed by atoms with Gasteiger partial charge in [0, 0.05) is 36.0 Å². The van der Waals surface area contributed by atoms with Crippen molar-refractivity contribution in [3.8, 4) is 0 Å². The highest BCUT2D eigenvalue weighted by atomic mass is 16.6. The zero-order valence-corrected chi connectivity index (χ0v) is 15.8. The predicted octanol–water partition coefficient (Wildman–Crippen LogP) is 1.47. The second-order valence-corrected chi connectivity index (χ2v) is 8.09. The van der Waals surface area contributed by atoms with Crippen molar-refractivity contribution in [1.29, 1.82) is 0 Å². The molecule has 0 aromatic carbocycles. The third-order valence-electron chi connectivity index (χ3n) is 3.03. The molecule has 0 heterocycles. The highest BCUT2D eigenvalue weighted by Gasteiger charge is 2.25. The summed E-state index contributed by atoms with van der Waals surface area (Å²) in [7, 11) is 0. The minimum absolute atomic E-state index is 0.143. The second-order valence-electron chi connectivity index (χ2n) is 8.09. The number of carbonyl (C=O) groups is 2. The van der Waals surface area contributed by atoms with Crippen LogP contribution < -0.4 is 22.1 Å². The minimum Gasteiger partial charge on any atom is -0.449 e. The molecule has 0 aliphatic rings. The third kappa shape index (κ3) is 12.0. The lowest BCUT2D eigenvalue weighted by molar-refractivity contribution is 0.113. The molecule has 8 nitrogen and oxygen atoms in total. The van der Waals surface area contributed by atoms with Crippen molar-refractivity contribution >= 4 is 12.2 Å². The topological polar surface area (TPSA) is 129 Å². The average Bonchev–Trinajstić information content (AvgIpc) is 2.34. The SMILES string of the molecule is CC(C)(C)NC(=O)OCCC(N)(CN)CCOC(=O)NC(C)(C)C.